The van der Waals surface area contributed by atoms with Crippen molar-refractivity contribution in [2.75, 3.05) is 0 Å². The van der Waals surface area contributed by atoms with Crippen LogP contribution in [0, 0.1) is 5.92 Å². The standard InChI is InChI=1S/C26H29BN4O4/c1-16(2)11-24(27(34)35)31-26(33)23(13-18-14-29-22-10-6-4-8-20(18)22)30-25(32)19-12-17-7-3-5-9-21(17)28-15-19/h3-10,12,14-16,23-24,29,34-35H,11,13H2,1-2H3,(H,30,32)(H,31,33)/t23-,24-/m0/s1. The molecule has 0 radical (unpaired) electrons. The summed E-state index contributed by atoms with van der Waals surface area (Å²) in [6, 6.07) is 16.0. The van der Waals surface area contributed by atoms with E-state index in [4.69, 9.17) is 0 Å². The Hall–Kier alpha value is -3.69. The molecule has 0 spiro atoms. The summed E-state index contributed by atoms with van der Waals surface area (Å²) in [5.74, 6) is -1.65. The summed E-state index contributed by atoms with van der Waals surface area (Å²) in [5.41, 5.74) is 2.89. The van der Waals surface area contributed by atoms with Crippen molar-refractivity contribution >= 4 is 40.7 Å². The maximum absolute atomic E-state index is 13.3. The third-order valence-corrected chi connectivity index (χ3v) is 5.99. The van der Waals surface area contributed by atoms with Crippen LogP contribution in [0.1, 0.15) is 36.2 Å². The second-order valence-corrected chi connectivity index (χ2v) is 9.16. The average molecular weight is 472 g/mol. The largest absolute Gasteiger partial charge is 0.475 e. The van der Waals surface area contributed by atoms with Crippen molar-refractivity contribution in [3.05, 3.63) is 78.1 Å². The van der Waals surface area contributed by atoms with E-state index in [0.29, 0.717) is 12.0 Å². The molecule has 9 heteroatoms. The van der Waals surface area contributed by atoms with E-state index in [0.717, 1.165) is 27.4 Å². The molecule has 0 aliphatic carbocycles. The third kappa shape index (κ3) is 5.88. The molecule has 2 heterocycles. The van der Waals surface area contributed by atoms with Gasteiger partial charge >= 0.3 is 7.12 Å². The van der Waals surface area contributed by atoms with Gasteiger partial charge in [0.15, 0.2) is 0 Å². The zero-order chi connectivity index (χ0) is 24.9. The van der Waals surface area contributed by atoms with Crippen LogP contribution in [0.5, 0.6) is 0 Å². The molecule has 0 unspecified atom stereocenters. The molecular weight excluding hydrogens is 443 g/mol. The lowest BCUT2D eigenvalue weighted by atomic mass is 9.75. The summed E-state index contributed by atoms with van der Waals surface area (Å²) >= 11 is 0. The summed E-state index contributed by atoms with van der Waals surface area (Å²) in [7, 11) is -1.71. The van der Waals surface area contributed by atoms with Crippen molar-refractivity contribution in [1.29, 1.82) is 0 Å². The third-order valence-electron chi connectivity index (χ3n) is 5.99. The van der Waals surface area contributed by atoms with Gasteiger partial charge in [0.1, 0.15) is 6.04 Å². The van der Waals surface area contributed by atoms with Gasteiger partial charge in [-0.1, -0.05) is 50.2 Å². The molecule has 2 aromatic heterocycles. The molecule has 180 valence electrons. The summed E-state index contributed by atoms with van der Waals surface area (Å²) in [6.07, 6.45) is 3.91. The highest BCUT2D eigenvalue weighted by Crippen LogP contribution is 2.20. The Labute approximate surface area is 203 Å². The van der Waals surface area contributed by atoms with E-state index in [9.17, 15) is 19.6 Å². The second-order valence-electron chi connectivity index (χ2n) is 9.16. The van der Waals surface area contributed by atoms with Crippen LogP contribution in [0.15, 0.2) is 67.0 Å². The molecule has 35 heavy (non-hydrogen) atoms. The number of rotatable bonds is 9. The van der Waals surface area contributed by atoms with Gasteiger partial charge in [-0.15, -0.1) is 0 Å². The quantitative estimate of drug-likeness (QED) is 0.239. The first kappa shape index (κ1) is 24.4. The maximum atomic E-state index is 13.3. The Morgan fingerprint density at radius 2 is 1.80 bits per heavy atom. The molecule has 8 nitrogen and oxygen atoms in total. The topological polar surface area (TPSA) is 127 Å². The highest BCUT2D eigenvalue weighted by atomic mass is 16.4. The molecule has 4 rings (SSSR count). The van der Waals surface area contributed by atoms with Gasteiger partial charge in [-0.05, 0) is 36.1 Å². The smallest absolute Gasteiger partial charge is 0.426 e. The number of benzene rings is 2. The van der Waals surface area contributed by atoms with Crippen LogP contribution < -0.4 is 10.6 Å². The van der Waals surface area contributed by atoms with Crippen LogP contribution in [0.4, 0.5) is 0 Å². The normalized spacial score (nSPS) is 13.1. The molecule has 0 bridgehead atoms. The molecule has 4 aromatic rings. The van der Waals surface area contributed by atoms with Crippen molar-refractivity contribution in [1.82, 2.24) is 20.6 Å². The molecule has 2 atom stereocenters. The zero-order valence-electron chi connectivity index (χ0n) is 19.7. The van der Waals surface area contributed by atoms with Gasteiger partial charge in [0.25, 0.3) is 5.91 Å². The van der Waals surface area contributed by atoms with E-state index < -0.39 is 30.9 Å². The number of carbonyl (C=O) groups is 2. The monoisotopic (exact) mass is 472 g/mol. The number of nitrogens with one attached hydrogen (secondary N) is 3. The minimum absolute atomic E-state index is 0.132. The fourth-order valence-corrected chi connectivity index (χ4v) is 4.21. The highest BCUT2D eigenvalue weighted by Gasteiger charge is 2.30. The molecule has 5 N–H and O–H groups in total. The van der Waals surface area contributed by atoms with Crippen molar-refractivity contribution in [3.63, 3.8) is 0 Å². The van der Waals surface area contributed by atoms with Gasteiger partial charge in [0.2, 0.25) is 5.91 Å². The average Bonchev–Trinajstić information content (AvgIpc) is 3.25. The molecule has 0 aliphatic heterocycles. The summed E-state index contributed by atoms with van der Waals surface area (Å²) < 4.78 is 0. The predicted octanol–water partition coefficient (Wildman–Crippen LogP) is 2.60. The van der Waals surface area contributed by atoms with E-state index in [1.807, 2.05) is 68.6 Å². The van der Waals surface area contributed by atoms with Gasteiger partial charge in [-0.2, -0.15) is 0 Å². The Bertz CT molecular complexity index is 1340. The number of hydrogen-bond acceptors (Lipinski definition) is 5. The maximum Gasteiger partial charge on any atom is 0.475 e. The molecule has 0 fully saturated rings. The molecule has 0 aliphatic rings. The van der Waals surface area contributed by atoms with Crippen LogP contribution in [0.2, 0.25) is 0 Å². The van der Waals surface area contributed by atoms with Crippen molar-refractivity contribution < 1.29 is 19.6 Å². The minimum atomic E-state index is -1.71. The fourth-order valence-electron chi connectivity index (χ4n) is 4.21. The Morgan fingerprint density at radius 3 is 2.57 bits per heavy atom. The molecule has 2 aromatic carbocycles. The van der Waals surface area contributed by atoms with Crippen molar-refractivity contribution in [3.8, 4) is 0 Å². The minimum Gasteiger partial charge on any atom is -0.426 e. The van der Waals surface area contributed by atoms with Crippen molar-refractivity contribution in [2.24, 2.45) is 5.92 Å². The predicted molar refractivity (Wildman–Crippen MR) is 137 cm³/mol. The Morgan fingerprint density at radius 1 is 1.06 bits per heavy atom. The van der Waals surface area contributed by atoms with Crippen LogP contribution in [0.3, 0.4) is 0 Å². The van der Waals surface area contributed by atoms with E-state index in [-0.39, 0.29) is 12.3 Å². The highest BCUT2D eigenvalue weighted by molar-refractivity contribution is 6.43. The number of aromatic nitrogens is 2. The molecule has 0 saturated carbocycles. The molecule has 2 amide bonds. The number of fused-ring (bicyclic) bond motifs is 2. The van der Waals surface area contributed by atoms with Gasteiger partial charge < -0.3 is 25.7 Å². The number of H-pyrrole nitrogens is 1. The number of aromatic amines is 1. The number of hydrogen-bond donors (Lipinski definition) is 5. The SMILES string of the molecule is CC(C)C[C@H](NC(=O)[C@H](Cc1c[nH]c2ccccc12)NC(=O)c1cnc2ccccc2c1)B(O)O. The van der Waals surface area contributed by atoms with E-state index in [2.05, 4.69) is 20.6 Å². The number of carbonyl (C=O) groups excluding carboxylic acids is 2. The zero-order valence-corrected chi connectivity index (χ0v) is 19.7. The number of amides is 2. The number of pyridine rings is 1. The van der Waals surface area contributed by atoms with E-state index in [1.54, 1.807) is 6.07 Å². The van der Waals surface area contributed by atoms with E-state index >= 15 is 0 Å². The lowest BCUT2D eigenvalue weighted by Gasteiger charge is -2.24. The number of para-hydroxylation sites is 2. The van der Waals surface area contributed by atoms with Crippen LogP contribution in [-0.4, -0.2) is 50.9 Å². The first-order chi connectivity index (χ1) is 16.8. The van der Waals surface area contributed by atoms with Crippen LogP contribution >= 0.6 is 0 Å². The summed E-state index contributed by atoms with van der Waals surface area (Å²) in [4.78, 5) is 34.0. The lowest BCUT2D eigenvalue weighted by Crippen LogP contribution is -2.55. The first-order valence-electron chi connectivity index (χ1n) is 11.7. The van der Waals surface area contributed by atoms with Gasteiger partial charge in [0, 0.05) is 35.1 Å². The van der Waals surface area contributed by atoms with Gasteiger partial charge in [0.05, 0.1) is 17.0 Å². The lowest BCUT2D eigenvalue weighted by molar-refractivity contribution is -0.123. The fraction of sp³-hybridized carbons (Fsp3) is 0.269. The second kappa shape index (κ2) is 10.7. The Kier molecular flexibility index (Phi) is 7.48. The van der Waals surface area contributed by atoms with Crippen LogP contribution in [-0.2, 0) is 11.2 Å². The van der Waals surface area contributed by atoms with Gasteiger partial charge in [-0.25, -0.2) is 0 Å². The Balaban J connectivity index is 1.60. The summed E-state index contributed by atoms with van der Waals surface area (Å²) in [5, 5.41) is 26.9. The van der Waals surface area contributed by atoms with Gasteiger partial charge in [-0.3, -0.25) is 14.6 Å². The van der Waals surface area contributed by atoms with Crippen LogP contribution in [0.25, 0.3) is 21.8 Å². The summed E-state index contributed by atoms with van der Waals surface area (Å²) in [6.45, 7) is 3.86. The molecular formula is C26H29BN4O4. The van der Waals surface area contributed by atoms with Crippen molar-refractivity contribution in [2.45, 2.75) is 38.7 Å². The number of nitrogens with zero attached hydrogens (tertiary/aromatic N) is 1. The van der Waals surface area contributed by atoms with E-state index in [1.165, 1.54) is 6.20 Å². The first-order valence-corrected chi connectivity index (χ1v) is 11.7. The molecule has 0 saturated heterocycles.